The maximum Gasteiger partial charge on any atom is 0.272 e. The summed E-state index contributed by atoms with van der Waals surface area (Å²) in [5.41, 5.74) is 1.38. The van der Waals surface area contributed by atoms with Crippen LogP contribution in [0.3, 0.4) is 0 Å². The predicted octanol–water partition coefficient (Wildman–Crippen LogP) is 2.88. The van der Waals surface area contributed by atoms with Crippen molar-refractivity contribution in [1.82, 2.24) is 14.7 Å². The zero-order valence-electron chi connectivity index (χ0n) is 13.6. The molecule has 3 aromatic rings. The summed E-state index contributed by atoms with van der Waals surface area (Å²) in [6.07, 6.45) is 2.63. The molecule has 0 aliphatic carbocycles. The molecule has 0 saturated heterocycles. The summed E-state index contributed by atoms with van der Waals surface area (Å²) in [5.74, 6) is -0.443. The molecule has 2 heterocycles. The van der Waals surface area contributed by atoms with Crippen molar-refractivity contribution in [2.45, 2.75) is 18.1 Å². The van der Waals surface area contributed by atoms with E-state index in [0.29, 0.717) is 10.5 Å². The van der Waals surface area contributed by atoms with E-state index >= 15 is 0 Å². The molecule has 130 valence electrons. The summed E-state index contributed by atoms with van der Waals surface area (Å²) >= 11 is 5.87. The Balaban J connectivity index is 1.96. The molecule has 0 aliphatic heterocycles. The van der Waals surface area contributed by atoms with E-state index in [1.165, 1.54) is 4.40 Å². The molecule has 3 rings (SSSR count). The van der Waals surface area contributed by atoms with Gasteiger partial charge in [0.05, 0.1) is 11.6 Å². The number of hydrogen-bond acceptors (Lipinski definition) is 4. The topological polar surface area (TPSA) is 80.5 Å². The molecule has 2 aromatic heterocycles. The van der Waals surface area contributed by atoms with Gasteiger partial charge in [-0.1, -0.05) is 29.8 Å². The highest BCUT2D eigenvalue weighted by Crippen LogP contribution is 2.20. The molecule has 0 saturated carbocycles. The van der Waals surface area contributed by atoms with Gasteiger partial charge in [0, 0.05) is 17.5 Å². The standard InChI is InChI=1S/C17H16ClN3O3S/c1-11(12-6-8-13(18)9-7-12)19-16(22)15-14-5-3-4-10-21(14)17(20-15)25(2,23)24/h3-11H,1-2H3,(H,19,22). The number of benzene rings is 1. The Labute approximate surface area is 150 Å². The van der Waals surface area contributed by atoms with Crippen LogP contribution in [0.15, 0.2) is 53.8 Å². The lowest BCUT2D eigenvalue weighted by Crippen LogP contribution is -2.27. The summed E-state index contributed by atoms with van der Waals surface area (Å²) in [6, 6.07) is 11.9. The van der Waals surface area contributed by atoms with E-state index < -0.39 is 15.7 Å². The van der Waals surface area contributed by atoms with Gasteiger partial charge in [-0.05, 0) is 36.8 Å². The van der Waals surface area contributed by atoms with E-state index in [9.17, 15) is 13.2 Å². The van der Waals surface area contributed by atoms with Gasteiger partial charge in [0.25, 0.3) is 5.91 Å². The molecule has 1 aromatic carbocycles. The maximum absolute atomic E-state index is 12.6. The SMILES string of the molecule is CC(NC(=O)c1nc(S(C)(=O)=O)n2ccccc12)c1ccc(Cl)cc1. The maximum atomic E-state index is 12.6. The molecule has 1 amide bonds. The fourth-order valence-electron chi connectivity index (χ4n) is 2.54. The van der Waals surface area contributed by atoms with Crippen LogP contribution in [0.25, 0.3) is 5.52 Å². The van der Waals surface area contributed by atoms with Gasteiger partial charge >= 0.3 is 0 Å². The van der Waals surface area contributed by atoms with Crippen LogP contribution in [0.2, 0.25) is 5.02 Å². The molecule has 8 heteroatoms. The van der Waals surface area contributed by atoms with E-state index in [4.69, 9.17) is 11.6 Å². The summed E-state index contributed by atoms with van der Waals surface area (Å²) in [5, 5.41) is 3.29. The number of amides is 1. The fourth-order valence-corrected chi connectivity index (χ4v) is 3.44. The molecule has 25 heavy (non-hydrogen) atoms. The first-order valence-corrected chi connectivity index (χ1v) is 9.78. The zero-order chi connectivity index (χ0) is 18.2. The second-order valence-electron chi connectivity index (χ2n) is 5.72. The number of fused-ring (bicyclic) bond motifs is 1. The molecule has 6 nitrogen and oxygen atoms in total. The molecule has 0 aliphatic rings. The molecule has 0 fully saturated rings. The van der Waals surface area contributed by atoms with Crippen LogP contribution in [-0.4, -0.2) is 30.0 Å². The molecule has 0 spiro atoms. The average Bonchev–Trinajstić information content (AvgIpc) is 2.95. The number of carbonyl (C=O) groups is 1. The molecule has 1 unspecified atom stereocenters. The number of hydrogen-bond donors (Lipinski definition) is 1. The third-order valence-corrected chi connectivity index (χ3v) is 4.98. The van der Waals surface area contributed by atoms with E-state index in [2.05, 4.69) is 10.3 Å². The number of nitrogens with one attached hydrogen (secondary N) is 1. The number of carbonyl (C=O) groups excluding carboxylic acids is 1. The van der Waals surface area contributed by atoms with Crippen LogP contribution in [0.5, 0.6) is 0 Å². The fraction of sp³-hybridized carbons (Fsp3) is 0.176. The summed E-state index contributed by atoms with van der Waals surface area (Å²) in [4.78, 5) is 16.7. The van der Waals surface area contributed by atoms with Crippen LogP contribution < -0.4 is 5.32 Å². The number of imidazole rings is 1. The molecule has 1 atom stereocenters. The van der Waals surface area contributed by atoms with Crippen LogP contribution in [-0.2, 0) is 9.84 Å². The van der Waals surface area contributed by atoms with Crippen molar-refractivity contribution >= 4 is 32.9 Å². The Morgan fingerprint density at radius 3 is 2.52 bits per heavy atom. The molecule has 0 radical (unpaired) electrons. The van der Waals surface area contributed by atoms with Crippen LogP contribution >= 0.6 is 11.6 Å². The second kappa shape index (κ2) is 6.50. The monoisotopic (exact) mass is 377 g/mol. The lowest BCUT2D eigenvalue weighted by molar-refractivity contribution is 0.0936. The zero-order valence-corrected chi connectivity index (χ0v) is 15.2. The van der Waals surface area contributed by atoms with Crippen molar-refractivity contribution in [2.24, 2.45) is 0 Å². The van der Waals surface area contributed by atoms with Gasteiger partial charge in [-0.3, -0.25) is 9.20 Å². The highest BCUT2D eigenvalue weighted by atomic mass is 35.5. The van der Waals surface area contributed by atoms with Crippen molar-refractivity contribution in [3.63, 3.8) is 0 Å². The Kier molecular flexibility index (Phi) is 4.53. The van der Waals surface area contributed by atoms with Crippen molar-refractivity contribution < 1.29 is 13.2 Å². The van der Waals surface area contributed by atoms with E-state index in [1.54, 1.807) is 36.5 Å². The Bertz CT molecular complexity index is 1040. The van der Waals surface area contributed by atoms with Crippen LogP contribution in [0.1, 0.15) is 29.0 Å². The van der Waals surface area contributed by atoms with E-state index in [1.807, 2.05) is 19.1 Å². The summed E-state index contributed by atoms with van der Waals surface area (Å²) in [6.45, 7) is 1.83. The Hall–Kier alpha value is -2.38. The first kappa shape index (κ1) is 17.4. The first-order valence-electron chi connectivity index (χ1n) is 7.51. The van der Waals surface area contributed by atoms with E-state index in [-0.39, 0.29) is 16.9 Å². The number of rotatable bonds is 4. The first-order chi connectivity index (χ1) is 11.8. The molecule has 0 bridgehead atoms. The predicted molar refractivity (Wildman–Crippen MR) is 95.6 cm³/mol. The molecular weight excluding hydrogens is 362 g/mol. The highest BCUT2D eigenvalue weighted by Gasteiger charge is 2.23. The van der Waals surface area contributed by atoms with Crippen LogP contribution in [0, 0.1) is 0 Å². The van der Waals surface area contributed by atoms with Crippen molar-refractivity contribution in [2.75, 3.05) is 6.26 Å². The van der Waals surface area contributed by atoms with Gasteiger partial charge in [-0.15, -0.1) is 0 Å². The second-order valence-corrected chi connectivity index (χ2v) is 8.06. The minimum atomic E-state index is -3.57. The number of aromatic nitrogens is 2. The number of halogens is 1. The lowest BCUT2D eigenvalue weighted by Gasteiger charge is -2.13. The third kappa shape index (κ3) is 3.52. The summed E-state index contributed by atoms with van der Waals surface area (Å²) in [7, 11) is -3.57. The normalized spacial score (nSPS) is 12.9. The minimum Gasteiger partial charge on any atom is -0.344 e. The Morgan fingerprint density at radius 1 is 1.20 bits per heavy atom. The van der Waals surface area contributed by atoms with E-state index in [0.717, 1.165) is 11.8 Å². The number of nitrogens with zero attached hydrogens (tertiary/aromatic N) is 2. The lowest BCUT2D eigenvalue weighted by atomic mass is 10.1. The molecule has 1 N–H and O–H groups in total. The quantitative estimate of drug-likeness (QED) is 0.758. The molecular formula is C17H16ClN3O3S. The highest BCUT2D eigenvalue weighted by molar-refractivity contribution is 7.90. The van der Waals surface area contributed by atoms with Crippen molar-refractivity contribution in [3.05, 3.63) is 64.9 Å². The smallest absolute Gasteiger partial charge is 0.272 e. The Morgan fingerprint density at radius 2 is 1.88 bits per heavy atom. The number of pyridine rings is 1. The van der Waals surface area contributed by atoms with Gasteiger partial charge in [-0.25, -0.2) is 13.4 Å². The minimum absolute atomic E-state index is 0.0711. The van der Waals surface area contributed by atoms with Gasteiger partial charge < -0.3 is 5.32 Å². The average molecular weight is 378 g/mol. The van der Waals surface area contributed by atoms with Crippen molar-refractivity contribution in [1.29, 1.82) is 0 Å². The largest absolute Gasteiger partial charge is 0.344 e. The van der Waals surface area contributed by atoms with Gasteiger partial charge in [0.15, 0.2) is 5.69 Å². The van der Waals surface area contributed by atoms with Gasteiger partial charge in [-0.2, -0.15) is 0 Å². The van der Waals surface area contributed by atoms with Gasteiger partial charge in [0.2, 0.25) is 15.0 Å². The summed E-state index contributed by atoms with van der Waals surface area (Å²) < 4.78 is 25.3. The van der Waals surface area contributed by atoms with Crippen molar-refractivity contribution in [3.8, 4) is 0 Å². The third-order valence-electron chi connectivity index (χ3n) is 3.78. The van der Waals surface area contributed by atoms with Gasteiger partial charge in [0.1, 0.15) is 0 Å². The van der Waals surface area contributed by atoms with Crippen LogP contribution in [0.4, 0.5) is 0 Å². The number of sulfone groups is 1.